The number of piperidine rings is 1. The first kappa shape index (κ1) is 18.5. The lowest BCUT2D eigenvalue weighted by molar-refractivity contribution is 0.310. The first-order valence-electron chi connectivity index (χ1n) is 8.90. The van der Waals surface area contributed by atoms with Gasteiger partial charge in [-0.15, -0.1) is 0 Å². The van der Waals surface area contributed by atoms with E-state index in [0.29, 0.717) is 29.3 Å². The van der Waals surface area contributed by atoms with E-state index in [4.69, 9.17) is 0 Å². The van der Waals surface area contributed by atoms with E-state index in [1.807, 2.05) is 19.1 Å². The standard InChI is InChI=1S/C17H26N3O4P/c1-11-6-7-15-14(10-11)19-16(25(22,23)24)17(21)20(15)9-8-13-5-3-4-12(2)18-13/h7,10-13,18H,3-6,8-9H2,1-2H3,(H2,22,23,24)/t11?,12-,13-/m0/s1. The van der Waals surface area contributed by atoms with E-state index in [-0.39, 0.29) is 5.92 Å². The van der Waals surface area contributed by atoms with E-state index in [0.717, 1.165) is 32.1 Å². The van der Waals surface area contributed by atoms with Crippen LogP contribution < -0.4 is 27.0 Å². The average molecular weight is 367 g/mol. The number of rotatable bonds is 4. The summed E-state index contributed by atoms with van der Waals surface area (Å²) in [5.74, 6) is 0.233. The lowest BCUT2D eigenvalue weighted by Gasteiger charge is -2.29. The molecule has 2 aliphatic rings. The summed E-state index contributed by atoms with van der Waals surface area (Å²) >= 11 is 0. The molecule has 1 aromatic heterocycles. The lowest BCUT2D eigenvalue weighted by Crippen LogP contribution is -2.54. The van der Waals surface area contributed by atoms with Gasteiger partial charge < -0.3 is 19.7 Å². The molecular formula is C17H26N3O4P. The molecule has 0 spiro atoms. The van der Waals surface area contributed by atoms with Gasteiger partial charge in [0.05, 0.1) is 10.7 Å². The summed E-state index contributed by atoms with van der Waals surface area (Å²) in [6.45, 7) is 4.60. The van der Waals surface area contributed by atoms with Crippen molar-refractivity contribution in [2.24, 2.45) is 5.92 Å². The summed E-state index contributed by atoms with van der Waals surface area (Å²) in [6, 6.07) is 0.790. The summed E-state index contributed by atoms with van der Waals surface area (Å²) in [4.78, 5) is 35.7. The minimum atomic E-state index is -4.71. The third-order valence-corrected chi connectivity index (χ3v) is 5.87. The molecule has 8 heteroatoms. The Balaban J connectivity index is 2.00. The summed E-state index contributed by atoms with van der Waals surface area (Å²) in [7, 11) is -4.71. The number of fused-ring (bicyclic) bond motifs is 1. The Hall–Kier alpha value is -1.27. The molecule has 1 unspecified atom stereocenters. The predicted molar refractivity (Wildman–Crippen MR) is 97.0 cm³/mol. The zero-order valence-electron chi connectivity index (χ0n) is 14.7. The van der Waals surface area contributed by atoms with Crippen molar-refractivity contribution in [3.63, 3.8) is 0 Å². The second-order valence-corrected chi connectivity index (χ2v) is 8.79. The second-order valence-electron chi connectivity index (χ2n) is 7.27. The highest BCUT2D eigenvalue weighted by molar-refractivity contribution is 7.59. The Morgan fingerprint density at radius 2 is 2.12 bits per heavy atom. The number of nitrogens with one attached hydrogen (secondary N) is 1. The average Bonchev–Trinajstić information content (AvgIpc) is 2.52. The van der Waals surface area contributed by atoms with Crippen LogP contribution in [0, 0.1) is 5.92 Å². The molecule has 1 fully saturated rings. The number of hydrogen-bond donors (Lipinski definition) is 3. The number of aromatic nitrogens is 2. The van der Waals surface area contributed by atoms with E-state index in [1.54, 1.807) is 0 Å². The lowest BCUT2D eigenvalue weighted by atomic mass is 9.97. The first-order valence-corrected chi connectivity index (χ1v) is 10.5. The summed E-state index contributed by atoms with van der Waals surface area (Å²) < 4.78 is 13.2. The van der Waals surface area contributed by atoms with Gasteiger partial charge in [-0.3, -0.25) is 9.36 Å². The van der Waals surface area contributed by atoms with Gasteiger partial charge in [0, 0.05) is 18.6 Å². The molecule has 3 atom stereocenters. The van der Waals surface area contributed by atoms with E-state index in [1.165, 1.54) is 4.57 Å². The molecule has 7 nitrogen and oxygen atoms in total. The molecule has 138 valence electrons. The molecule has 1 saturated heterocycles. The molecule has 0 radical (unpaired) electrons. The van der Waals surface area contributed by atoms with Crippen molar-refractivity contribution in [1.82, 2.24) is 14.9 Å². The quantitative estimate of drug-likeness (QED) is 0.624. The fraction of sp³-hybridized carbons (Fsp3) is 0.647. The molecule has 1 aliphatic carbocycles. The molecule has 2 heterocycles. The van der Waals surface area contributed by atoms with Crippen LogP contribution in [0.4, 0.5) is 0 Å². The van der Waals surface area contributed by atoms with Gasteiger partial charge in [-0.05, 0) is 38.5 Å². The first-order chi connectivity index (χ1) is 11.8. The van der Waals surface area contributed by atoms with Crippen LogP contribution in [0.25, 0.3) is 12.2 Å². The van der Waals surface area contributed by atoms with Crippen molar-refractivity contribution in [2.45, 2.75) is 64.6 Å². The van der Waals surface area contributed by atoms with Gasteiger partial charge >= 0.3 is 7.60 Å². The second kappa shape index (κ2) is 7.16. The zero-order valence-corrected chi connectivity index (χ0v) is 15.6. The Bertz CT molecular complexity index is 873. The van der Waals surface area contributed by atoms with Crippen LogP contribution in [0.15, 0.2) is 4.79 Å². The van der Waals surface area contributed by atoms with Gasteiger partial charge in [-0.25, -0.2) is 4.98 Å². The highest BCUT2D eigenvalue weighted by atomic mass is 31.2. The van der Waals surface area contributed by atoms with E-state index >= 15 is 0 Å². The molecule has 0 aromatic carbocycles. The third-order valence-electron chi connectivity index (χ3n) is 5.03. The maximum Gasteiger partial charge on any atom is 0.380 e. The highest BCUT2D eigenvalue weighted by Crippen LogP contribution is 2.29. The summed E-state index contributed by atoms with van der Waals surface area (Å²) in [5, 5.41) is 4.72. The molecule has 3 rings (SSSR count). The fourth-order valence-corrected chi connectivity index (χ4v) is 4.33. The monoisotopic (exact) mass is 367 g/mol. The Morgan fingerprint density at radius 1 is 1.36 bits per heavy atom. The SMILES string of the molecule is CC1C=c2nc(P(=O)(O)O)c(=O)n(CC[C@@H]3CCC[C@H](C)N3)c2=CC1. The minimum Gasteiger partial charge on any atom is -0.320 e. The fourth-order valence-electron chi connectivity index (χ4n) is 3.72. The highest BCUT2D eigenvalue weighted by Gasteiger charge is 2.27. The molecule has 0 amide bonds. The Labute approximate surface area is 146 Å². The topological polar surface area (TPSA) is 104 Å². The zero-order chi connectivity index (χ0) is 18.2. The largest absolute Gasteiger partial charge is 0.380 e. The van der Waals surface area contributed by atoms with Crippen molar-refractivity contribution in [1.29, 1.82) is 0 Å². The van der Waals surface area contributed by atoms with Gasteiger partial charge in [0.2, 0.25) is 5.44 Å². The molecule has 0 bridgehead atoms. The van der Waals surface area contributed by atoms with Crippen molar-refractivity contribution < 1.29 is 14.4 Å². The summed E-state index contributed by atoms with van der Waals surface area (Å²) in [6.07, 6.45) is 8.76. The van der Waals surface area contributed by atoms with Crippen LogP contribution in [0.1, 0.15) is 46.0 Å². The van der Waals surface area contributed by atoms with Crippen molar-refractivity contribution in [2.75, 3.05) is 0 Å². The molecule has 0 saturated carbocycles. The van der Waals surface area contributed by atoms with Crippen molar-refractivity contribution >= 4 is 25.2 Å². The molecule has 1 aromatic rings. The molecule has 25 heavy (non-hydrogen) atoms. The van der Waals surface area contributed by atoms with Gasteiger partial charge in [0.25, 0.3) is 5.56 Å². The van der Waals surface area contributed by atoms with Crippen molar-refractivity contribution in [3.05, 3.63) is 21.1 Å². The van der Waals surface area contributed by atoms with Crippen LogP contribution >= 0.6 is 7.60 Å². The van der Waals surface area contributed by atoms with Crippen molar-refractivity contribution in [3.8, 4) is 0 Å². The van der Waals surface area contributed by atoms with Gasteiger partial charge in [0.1, 0.15) is 0 Å². The van der Waals surface area contributed by atoms with Crippen LogP contribution in [0.3, 0.4) is 0 Å². The number of nitrogens with zero attached hydrogens (tertiary/aromatic N) is 2. The third kappa shape index (κ3) is 4.11. The van der Waals surface area contributed by atoms with Crippen LogP contribution in [-0.2, 0) is 11.1 Å². The maximum atomic E-state index is 12.7. The Morgan fingerprint density at radius 3 is 2.80 bits per heavy atom. The molecule has 3 N–H and O–H groups in total. The predicted octanol–water partition coefficient (Wildman–Crippen LogP) is -0.432. The number of hydrogen-bond acceptors (Lipinski definition) is 4. The van der Waals surface area contributed by atoms with Crippen LogP contribution in [0.2, 0.25) is 0 Å². The van der Waals surface area contributed by atoms with Gasteiger partial charge in [0.15, 0.2) is 0 Å². The van der Waals surface area contributed by atoms with E-state index in [2.05, 4.69) is 17.2 Å². The van der Waals surface area contributed by atoms with Crippen LogP contribution in [0.5, 0.6) is 0 Å². The normalized spacial score (nSPS) is 26.5. The van der Waals surface area contributed by atoms with Gasteiger partial charge in [-0.1, -0.05) is 25.5 Å². The molecular weight excluding hydrogens is 341 g/mol. The minimum absolute atomic E-state index is 0.233. The smallest absolute Gasteiger partial charge is 0.320 e. The van der Waals surface area contributed by atoms with Crippen LogP contribution in [-0.4, -0.2) is 31.4 Å². The van der Waals surface area contributed by atoms with E-state index in [9.17, 15) is 19.1 Å². The Kier molecular flexibility index (Phi) is 5.30. The molecule has 1 aliphatic heterocycles. The van der Waals surface area contributed by atoms with Gasteiger partial charge in [-0.2, -0.15) is 0 Å². The summed E-state index contributed by atoms with van der Waals surface area (Å²) in [5.41, 5.74) is -1.31. The van der Waals surface area contributed by atoms with E-state index < -0.39 is 18.6 Å². The maximum absolute atomic E-state index is 12.7.